The van der Waals surface area contributed by atoms with Crippen LogP contribution in [0.25, 0.3) is 0 Å². The van der Waals surface area contributed by atoms with Crippen LogP contribution in [-0.4, -0.2) is 74.7 Å². The topological polar surface area (TPSA) is 44.8 Å². The summed E-state index contributed by atoms with van der Waals surface area (Å²) in [6.07, 6.45) is 7.96. The smallest absolute Gasteiger partial charge is 0.248 e. The first-order valence-corrected chi connectivity index (χ1v) is 8.97. The standard InChI is InChI=1S/C17H31N3O2/c1-18-8-12-22-13-16(21)20-11-7-17(14-20)5-9-19(10-6-17)15-3-2-4-15/h15,18H,2-14H2,1H3. The van der Waals surface area contributed by atoms with Gasteiger partial charge in [0.25, 0.3) is 0 Å². The summed E-state index contributed by atoms with van der Waals surface area (Å²) in [5, 5.41) is 3.03. The lowest BCUT2D eigenvalue weighted by Gasteiger charge is -2.45. The highest BCUT2D eigenvalue weighted by molar-refractivity contribution is 5.77. The van der Waals surface area contributed by atoms with Crippen LogP contribution in [0.5, 0.6) is 0 Å². The van der Waals surface area contributed by atoms with Crippen LogP contribution in [0.15, 0.2) is 0 Å². The molecule has 0 aromatic heterocycles. The van der Waals surface area contributed by atoms with E-state index in [-0.39, 0.29) is 12.5 Å². The van der Waals surface area contributed by atoms with Gasteiger partial charge in [-0.25, -0.2) is 0 Å². The van der Waals surface area contributed by atoms with Crippen LogP contribution in [0, 0.1) is 5.41 Å². The highest BCUT2D eigenvalue weighted by Gasteiger charge is 2.43. The largest absolute Gasteiger partial charge is 0.370 e. The number of nitrogens with one attached hydrogen (secondary N) is 1. The van der Waals surface area contributed by atoms with Gasteiger partial charge in [-0.05, 0) is 57.7 Å². The number of carbonyl (C=O) groups excluding carboxylic acids is 1. The Hall–Kier alpha value is -0.650. The first-order chi connectivity index (χ1) is 10.7. The van der Waals surface area contributed by atoms with Crippen molar-refractivity contribution in [2.45, 2.75) is 44.6 Å². The Labute approximate surface area is 134 Å². The molecule has 3 rings (SSSR count). The molecule has 0 aromatic rings. The molecule has 1 spiro atoms. The number of likely N-dealkylation sites (tertiary alicyclic amines) is 2. The Bertz CT molecular complexity index is 376. The van der Waals surface area contributed by atoms with Crippen molar-refractivity contribution in [3.63, 3.8) is 0 Å². The van der Waals surface area contributed by atoms with Crippen molar-refractivity contribution in [2.75, 3.05) is 53.0 Å². The molecule has 1 N–H and O–H groups in total. The van der Waals surface area contributed by atoms with Gasteiger partial charge >= 0.3 is 0 Å². The summed E-state index contributed by atoms with van der Waals surface area (Å²) >= 11 is 0. The van der Waals surface area contributed by atoms with Gasteiger partial charge in [0.05, 0.1) is 6.61 Å². The second-order valence-electron chi connectivity index (χ2n) is 7.34. The third-order valence-corrected chi connectivity index (χ3v) is 5.96. The molecule has 0 unspecified atom stereocenters. The fourth-order valence-electron chi connectivity index (χ4n) is 4.10. The van der Waals surface area contributed by atoms with Crippen molar-refractivity contribution in [3.8, 4) is 0 Å². The van der Waals surface area contributed by atoms with Gasteiger partial charge < -0.3 is 19.9 Å². The maximum absolute atomic E-state index is 12.2. The number of likely N-dealkylation sites (N-methyl/N-ethyl adjacent to an activating group) is 1. The van der Waals surface area contributed by atoms with E-state index in [4.69, 9.17) is 4.74 Å². The van der Waals surface area contributed by atoms with Crippen LogP contribution >= 0.6 is 0 Å². The molecule has 1 saturated carbocycles. The number of carbonyl (C=O) groups is 1. The van der Waals surface area contributed by atoms with E-state index in [0.29, 0.717) is 12.0 Å². The quantitative estimate of drug-likeness (QED) is 0.746. The Kier molecular flexibility index (Phi) is 5.37. The van der Waals surface area contributed by atoms with Gasteiger partial charge in [0.15, 0.2) is 0 Å². The van der Waals surface area contributed by atoms with Crippen molar-refractivity contribution in [1.29, 1.82) is 0 Å². The van der Waals surface area contributed by atoms with Crippen molar-refractivity contribution in [3.05, 3.63) is 0 Å². The fourth-order valence-corrected chi connectivity index (χ4v) is 4.10. The lowest BCUT2D eigenvalue weighted by molar-refractivity contribution is -0.135. The van der Waals surface area contributed by atoms with Crippen molar-refractivity contribution in [1.82, 2.24) is 15.1 Å². The zero-order valence-corrected chi connectivity index (χ0v) is 14.0. The van der Waals surface area contributed by atoms with E-state index in [9.17, 15) is 4.79 Å². The molecular formula is C17H31N3O2. The average Bonchev–Trinajstić information content (AvgIpc) is 2.88. The summed E-state index contributed by atoms with van der Waals surface area (Å²) in [6.45, 7) is 6.02. The van der Waals surface area contributed by atoms with Crippen LogP contribution < -0.4 is 5.32 Å². The minimum absolute atomic E-state index is 0.175. The monoisotopic (exact) mass is 309 g/mol. The summed E-state index contributed by atoms with van der Waals surface area (Å²) < 4.78 is 5.43. The molecule has 126 valence electrons. The molecule has 3 aliphatic rings. The highest BCUT2D eigenvalue weighted by Crippen LogP contribution is 2.42. The number of hydrogen-bond donors (Lipinski definition) is 1. The second-order valence-corrected chi connectivity index (χ2v) is 7.34. The molecule has 2 saturated heterocycles. The van der Waals surface area contributed by atoms with Gasteiger partial charge in [-0.3, -0.25) is 4.79 Å². The molecule has 2 heterocycles. The Balaban J connectivity index is 1.41. The predicted octanol–water partition coefficient (Wildman–Crippen LogP) is 1.09. The number of rotatable bonds is 6. The predicted molar refractivity (Wildman–Crippen MR) is 86.8 cm³/mol. The molecule has 1 aliphatic carbocycles. The number of amides is 1. The van der Waals surface area contributed by atoms with Gasteiger partial charge in [-0.2, -0.15) is 0 Å². The highest BCUT2D eigenvalue weighted by atomic mass is 16.5. The zero-order chi connectivity index (χ0) is 15.4. The van der Waals surface area contributed by atoms with Crippen molar-refractivity contribution < 1.29 is 9.53 Å². The summed E-state index contributed by atoms with van der Waals surface area (Å²) in [5.41, 5.74) is 0.404. The second kappa shape index (κ2) is 7.28. The van der Waals surface area contributed by atoms with Gasteiger partial charge in [0.1, 0.15) is 6.61 Å². The van der Waals surface area contributed by atoms with E-state index in [1.54, 1.807) is 0 Å². The molecule has 3 fully saturated rings. The molecule has 5 heteroatoms. The van der Waals surface area contributed by atoms with E-state index in [0.717, 1.165) is 25.7 Å². The zero-order valence-electron chi connectivity index (χ0n) is 14.0. The Morgan fingerprint density at radius 1 is 1.23 bits per heavy atom. The number of piperidine rings is 1. The Morgan fingerprint density at radius 3 is 2.59 bits per heavy atom. The fraction of sp³-hybridized carbons (Fsp3) is 0.941. The van der Waals surface area contributed by atoms with Crippen LogP contribution in [0.4, 0.5) is 0 Å². The van der Waals surface area contributed by atoms with Gasteiger partial charge in [-0.1, -0.05) is 6.42 Å². The number of nitrogens with zero attached hydrogens (tertiary/aromatic N) is 2. The summed E-state index contributed by atoms with van der Waals surface area (Å²) in [6, 6.07) is 0.872. The van der Waals surface area contributed by atoms with E-state index in [1.807, 2.05) is 11.9 Å². The Morgan fingerprint density at radius 2 is 1.95 bits per heavy atom. The first kappa shape index (κ1) is 16.2. The maximum Gasteiger partial charge on any atom is 0.248 e. The molecular weight excluding hydrogens is 278 g/mol. The third kappa shape index (κ3) is 3.63. The molecule has 1 amide bonds. The van der Waals surface area contributed by atoms with E-state index >= 15 is 0 Å². The molecule has 0 atom stereocenters. The van der Waals surface area contributed by atoms with Crippen molar-refractivity contribution >= 4 is 5.91 Å². The molecule has 0 aromatic carbocycles. The average molecular weight is 309 g/mol. The summed E-state index contributed by atoms with van der Waals surface area (Å²) in [5.74, 6) is 0.175. The lowest BCUT2D eigenvalue weighted by Crippen LogP contribution is -2.48. The van der Waals surface area contributed by atoms with Crippen LogP contribution in [0.1, 0.15) is 38.5 Å². The normalized spacial score (nSPS) is 25.6. The maximum atomic E-state index is 12.2. The lowest BCUT2D eigenvalue weighted by atomic mass is 9.76. The van der Waals surface area contributed by atoms with E-state index in [1.165, 1.54) is 51.6 Å². The first-order valence-electron chi connectivity index (χ1n) is 8.97. The SMILES string of the molecule is CNCCOCC(=O)N1CCC2(CCN(C3CCC3)CC2)C1. The van der Waals surface area contributed by atoms with E-state index < -0.39 is 0 Å². The van der Waals surface area contributed by atoms with Gasteiger partial charge in [0, 0.05) is 25.7 Å². The number of ether oxygens (including phenoxy) is 1. The minimum Gasteiger partial charge on any atom is -0.370 e. The molecule has 5 nitrogen and oxygen atoms in total. The number of hydrogen-bond acceptors (Lipinski definition) is 4. The third-order valence-electron chi connectivity index (χ3n) is 5.96. The van der Waals surface area contributed by atoms with Gasteiger partial charge in [0.2, 0.25) is 5.91 Å². The van der Waals surface area contributed by atoms with Crippen LogP contribution in [0.3, 0.4) is 0 Å². The van der Waals surface area contributed by atoms with Crippen molar-refractivity contribution in [2.24, 2.45) is 5.41 Å². The molecule has 0 radical (unpaired) electrons. The van der Waals surface area contributed by atoms with Gasteiger partial charge in [-0.15, -0.1) is 0 Å². The molecule has 22 heavy (non-hydrogen) atoms. The summed E-state index contributed by atoms with van der Waals surface area (Å²) in [7, 11) is 1.89. The van der Waals surface area contributed by atoms with Crippen LogP contribution in [-0.2, 0) is 9.53 Å². The molecule has 0 bridgehead atoms. The molecule has 2 aliphatic heterocycles. The summed E-state index contributed by atoms with van der Waals surface area (Å²) in [4.78, 5) is 17.0. The van der Waals surface area contributed by atoms with E-state index in [2.05, 4.69) is 10.2 Å². The van der Waals surface area contributed by atoms with Crippen LogP contribution in [0.2, 0.25) is 0 Å². The minimum atomic E-state index is 0.175.